The third kappa shape index (κ3) is 4.52. The molecule has 3 rings (SSSR count). The predicted molar refractivity (Wildman–Crippen MR) is 107 cm³/mol. The second-order valence-electron chi connectivity index (χ2n) is 7.50. The van der Waals surface area contributed by atoms with E-state index in [9.17, 15) is 9.50 Å². The Morgan fingerprint density at radius 3 is 2.22 bits per heavy atom. The van der Waals surface area contributed by atoms with Gasteiger partial charge in [0, 0.05) is 30.6 Å². The predicted octanol–water partition coefficient (Wildman–Crippen LogP) is 4.44. The molecule has 2 aromatic rings. The van der Waals surface area contributed by atoms with Gasteiger partial charge in [0.25, 0.3) is 0 Å². The molecule has 0 bridgehead atoms. The second-order valence-corrected chi connectivity index (χ2v) is 7.94. The van der Waals surface area contributed by atoms with E-state index in [1.165, 1.54) is 12.1 Å². The van der Waals surface area contributed by atoms with Crippen LogP contribution in [0.1, 0.15) is 30.9 Å². The molecule has 0 radical (unpaired) electrons. The van der Waals surface area contributed by atoms with Crippen molar-refractivity contribution in [3.8, 4) is 0 Å². The van der Waals surface area contributed by atoms with Crippen LogP contribution in [0.2, 0.25) is 5.02 Å². The minimum Gasteiger partial charge on any atom is -0.384 e. The topological polar surface area (TPSA) is 32.7 Å². The van der Waals surface area contributed by atoms with Crippen molar-refractivity contribution in [3.63, 3.8) is 0 Å². The molecule has 5 heteroatoms. The Hall–Kier alpha value is -1.46. The fraction of sp³-hybridized carbons (Fsp3) is 0.455. The van der Waals surface area contributed by atoms with Crippen molar-refractivity contribution in [2.24, 2.45) is 5.92 Å². The van der Waals surface area contributed by atoms with E-state index in [-0.39, 0.29) is 17.7 Å². The van der Waals surface area contributed by atoms with Gasteiger partial charge in [-0.25, -0.2) is 4.39 Å². The van der Waals surface area contributed by atoms with Gasteiger partial charge >= 0.3 is 0 Å². The lowest BCUT2D eigenvalue weighted by atomic mass is 9.70. The maximum absolute atomic E-state index is 13.5. The van der Waals surface area contributed by atoms with Gasteiger partial charge in [0.15, 0.2) is 0 Å². The lowest BCUT2D eigenvalue weighted by Gasteiger charge is -2.43. The molecule has 2 unspecified atom stereocenters. The Balaban J connectivity index is 2.03. The SMILES string of the molecule is CC(C)C(O)(c1ccc(F)cc1)C(CN1CCOCC1)c1ccc(Cl)cc1. The molecule has 2 aromatic carbocycles. The maximum Gasteiger partial charge on any atom is 0.123 e. The molecular weight excluding hydrogens is 365 g/mol. The van der Waals surface area contributed by atoms with E-state index in [0.29, 0.717) is 24.8 Å². The van der Waals surface area contributed by atoms with Crippen LogP contribution in [0.5, 0.6) is 0 Å². The summed E-state index contributed by atoms with van der Waals surface area (Å²) in [5.74, 6) is -0.552. The Morgan fingerprint density at radius 1 is 1.07 bits per heavy atom. The van der Waals surface area contributed by atoms with Crippen LogP contribution >= 0.6 is 11.6 Å². The van der Waals surface area contributed by atoms with E-state index < -0.39 is 5.60 Å². The Labute approximate surface area is 165 Å². The van der Waals surface area contributed by atoms with Crippen molar-refractivity contribution in [1.82, 2.24) is 4.90 Å². The molecule has 0 aromatic heterocycles. The van der Waals surface area contributed by atoms with Crippen LogP contribution in [-0.4, -0.2) is 42.9 Å². The summed E-state index contributed by atoms with van der Waals surface area (Å²) in [5.41, 5.74) is 0.610. The zero-order valence-corrected chi connectivity index (χ0v) is 16.6. The van der Waals surface area contributed by atoms with E-state index >= 15 is 0 Å². The molecule has 1 aliphatic rings. The van der Waals surface area contributed by atoms with Gasteiger partial charge < -0.3 is 9.84 Å². The Morgan fingerprint density at radius 2 is 1.67 bits per heavy atom. The summed E-state index contributed by atoms with van der Waals surface area (Å²) in [6.07, 6.45) is 0. The number of ether oxygens (including phenoxy) is 1. The summed E-state index contributed by atoms with van der Waals surface area (Å²) in [6.45, 7) is 7.77. The number of hydrogen-bond acceptors (Lipinski definition) is 3. The number of morpholine rings is 1. The molecule has 1 saturated heterocycles. The summed E-state index contributed by atoms with van der Waals surface area (Å²) in [4.78, 5) is 2.32. The highest BCUT2D eigenvalue weighted by atomic mass is 35.5. The standard InChI is InChI=1S/C22H27ClFNO2/c1-16(2)22(26,18-5-9-20(24)10-6-18)21(15-25-11-13-27-14-12-25)17-3-7-19(23)8-4-17/h3-10,16,21,26H,11-15H2,1-2H3. The first kappa shape index (κ1) is 20.3. The molecular formula is C22H27ClFNO2. The molecule has 1 aliphatic heterocycles. The first-order valence-corrected chi connectivity index (χ1v) is 9.83. The van der Waals surface area contributed by atoms with Crippen molar-refractivity contribution in [3.05, 3.63) is 70.5 Å². The highest BCUT2D eigenvalue weighted by molar-refractivity contribution is 6.30. The second kappa shape index (κ2) is 8.70. The third-order valence-electron chi connectivity index (χ3n) is 5.53. The lowest BCUT2D eigenvalue weighted by Crippen LogP contribution is -2.47. The van der Waals surface area contributed by atoms with Gasteiger partial charge in [0.1, 0.15) is 5.82 Å². The van der Waals surface area contributed by atoms with E-state index in [4.69, 9.17) is 16.3 Å². The molecule has 0 saturated carbocycles. The number of aliphatic hydroxyl groups is 1. The van der Waals surface area contributed by atoms with Crippen LogP contribution < -0.4 is 0 Å². The van der Waals surface area contributed by atoms with Gasteiger partial charge in [0.2, 0.25) is 0 Å². The fourth-order valence-electron chi connectivity index (χ4n) is 3.89. The van der Waals surface area contributed by atoms with Crippen LogP contribution in [0.4, 0.5) is 4.39 Å². The minimum atomic E-state index is -1.14. The smallest absolute Gasteiger partial charge is 0.123 e. The van der Waals surface area contributed by atoms with E-state index in [0.717, 1.165) is 24.2 Å². The quantitative estimate of drug-likeness (QED) is 0.790. The number of halogens is 2. The van der Waals surface area contributed by atoms with Crippen LogP contribution in [0.3, 0.4) is 0 Å². The summed E-state index contributed by atoms with van der Waals surface area (Å²) in [5, 5.41) is 12.6. The molecule has 0 aliphatic carbocycles. The number of hydrogen-bond donors (Lipinski definition) is 1. The Bertz CT molecular complexity index is 729. The summed E-state index contributed by atoms with van der Waals surface area (Å²) in [7, 11) is 0. The summed E-state index contributed by atoms with van der Waals surface area (Å²) in [6, 6.07) is 13.9. The maximum atomic E-state index is 13.5. The number of nitrogens with zero attached hydrogens (tertiary/aromatic N) is 1. The molecule has 0 amide bonds. The van der Waals surface area contributed by atoms with Crippen molar-refractivity contribution in [2.75, 3.05) is 32.8 Å². The van der Waals surface area contributed by atoms with Crippen molar-refractivity contribution < 1.29 is 14.2 Å². The summed E-state index contributed by atoms with van der Waals surface area (Å²) >= 11 is 6.09. The van der Waals surface area contributed by atoms with Crippen LogP contribution in [0.15, 0.2) is 48.5 Å². The first-order valence-electron chi connectivity index (χ1n) is 9.45. The highest BCUT2D eigenvalue weighted by Crippen LogP contribution is 2.43. The first-order chi connectivity index (χ1) is 12.9. The van der Waals surface area contributed by atoms with Crippen molar-refractivity contribution >= 4 is 11.6 Å². The van der Waals surface area contributed by atoms with Gasteiger partial charge in [-0.05, 0) is 41.3 Å². The average molecular weight is 392 g/mol. The van der Waals surface area contributed by atoms with Gasteiger partial charge in [-0.3, -0.25) is 4.90 Å². The molecule has 1 heterocycles. The monoisotopic (exact) mass is 391 g/mol. The third-order valence-corrected chi connectivity index (χ3v) is 5.79. The zero-order chi connectivity index (χ0) is 19.4. The fourth-order valence-corrected chi connectivity index (χ4v) is 4.02. The molecule has 2 atom stereocenters. The number of rotatable bonds is 6. The van der Waals surface area contributed by atoms with Crippen LogP contribution in [0.25, 0.3) is 0 Å². The van der Waals surface area contributed by atoms with Gasteiger partial charge in [0.05, 0.1) is 18.8 Å². The van der Waals surface area contributed by atoms with E-state index in [2.05, 4.69) is 4.90 Å². The normalized spacial score (nSPS) is 19.0. The minimum absolute atomic E-state index is 0.0651. The van der Waals surface area contributed by atoms with E-state index in [1.54, 1.807) is 12.1 Å². The van der Waals surface area contributed by atoms with Gasteiger partial charge in [-0.15, -0.1) is 0 Å². The molecule has 3 nitrogen and oxygen atoms in total. The average Bonchev–Trinajstić information content (AvgIpc) is 2.67. The van der Waals surface area contributed by atoms with Crippen LogP contribution in [-0.2, 0) is 10.3 Å². The van der Waals surface area contributed by atoms with Gasteiger partial charge in [-0.2, -0.15) is 0 Å². The molecule has 0 spiro atoms. The zero-order valence-electron chi connectivity index (χ0n) is 15.9. The van der Waals surface area contributed by atoms with E-state index in [1.807, 2.05) is 38.1 Å². The number of benzene rings is 2. The molecule has 1 N–H and O–H groups in total. The largest absolute Gasteiger partial charge is 0.384 e. The molecule has 146 valence electrons. The van der Waals surface area contributed by atoms with Gasteiger partial charge in [-0.1, -0.05) is 49.7 Å². The van der Waals surface area contributed by atoms with Crippen molar-refractivity contribution in [2.45, 2.75) is 25.4 Å². The van der Waals surface area contributed by atoms with Crippen LogP contribution in [0, 0.1) is 11.7 Å². The highest BCUT2D eigenvalue weighted by Gasteiger charge is 2.43. The summed E-state index contributed by atoms with van der Waals surface area (Å²) < 4.78 is 19.0. The lowest BCUT2D eigenvalue weighted by molar-refractivity contribution is -0.0548. The Kier molecular flexibility index (Phi) is 6.53. The molecule has 27 heavy (non-hydrogen) atoms. The molecule has 1 fully saturated rings. The van der Waals surface area contributed by atoms with Crippen molar-refractivity contribution in [1.29, 1.82) is 0 Å².